The maximum Gasteiger partial charge on any atom is 0.325 e. The molecule has 6 nitrogen and oxygen atoms in total. The molecule has 0 unspecified atom stereocenters. The summed E-state index contributed by atoms with van der Waals surface area (Å²) < 4.78 is 5.27. The number of urea groups is 1. The number of amides is 3. The zero-order valence-electron chi connectivity index (χ0n) is 11.4. The standard InChI is InChI=1S/C14H16ClN3O3/c15-10-2-1-9(11(16)7-10)8-18-12(19)14(17-13(18)20)3-5-21-6-4-14/h1-2,7H,3-6,8,16H2,(H,17,20). The molecule has 0 atom stereocenters. The van der Waals surface area contributed by atoms with Crippen LogP contribution in [0.5, 0.6) is 0 Å². The molecule has 0 bridgehead atoms. The molecule has 2 aliphatic rings. The van der Waals surface area contributed by atoms with E-state index in [1.807, 2.05) is 0 Å². The number of carbonyl (C=O) groups excluding carboxylic acids is 2. The van der Waals surface area contributed by atoms with E-state index in [0.717, 1.165) is 0 Å². The van der Waals surface area contributed by atoms with E-state index in [2.05, 4.69) is 5.32 Å². The highest BCUT2D eigenvalue weighted by molar-refractivity contribution is 6.30. The average Bonchev–Trinajstić information content (AvgIpc) is 2.67. The zero-order valence-corrected chi connectivity index (χ0v) is 12.2. The van der Waals surface area contributed by atoms with Gasteiger partial charge in [-0.15, -0.1) is 0 Å². The third kappa shape index (κ3) is 2.45. The first-order chi connectivity index (χ1) is 10.0. The van der Waals surface area contributed by atoms with Crippen LogP contribution in [0.15, 0.2) is 18.2 Å². The van der Waals surface area contributed by atoms with Gasteiger partial charge in [0, 0.05) is 36.8 Å². The highest BCUT2D eigenvalue weighted by atomic mass is 35.5. The molecule has 2 aliphatic heterocycles. The third-order valence-corrected chi connectivity index (χ3v) is 4.26. The van der Waals surface area contributed by atoms with Gasteiger partial charge in [0.25, 0.3) is 5.91 Å². The summed E-state index contributed by atoms with van der Waals surface area (Å²) in [6.07, 6.45) is 1.01. The average molecular weight is 310 g/mol. The van der Waals surface area contributed by atoms with Crippen molar-refractivity contribution in [1.29, 1.82) is 0 Å². The summed E-state index contributed by atoms with van der Waals surface area (Å²) in [5.74, 6) is -0.204. The number of hydrogen-bond acceptors (Lipinski definition) is 4. The van der Waals surface area contributed by atoms with Crippen molar-refractivity contribution in [3.63, 3.8) is 0 Å². The van der Waals surface area contributed by atoms with E-state index in [1.54, 1.807) is 18.2 Å². The van der Waals surface area contributed by atoms with Gasteiger partial charge in [-0.25, -0.2) is 4.79 Å². The molecular weight excluding hydrogens is 294 g/mol. The second-order valence-corrected chi connectivity index (χ2v) is 5.80. The minimum Gasteiger partial charge on any atom is -0.398 e. The van der Waals surface area contributed by atoms with Crippen LogP contribution in [0.1, 0.15) is 18.4 Å². The van der Waals surface area contributed by atoms with E-state index in [1.165, 1.54) is 4.90 Å². The summed E-state index contributed by atoms with van der Waals surface area (Å²) in [5.41, 5.74) is 6.25. The van der Waals surface area contributed by atoms with Gasteiger partial charge in [0.05, 0.1) is 6.54 Å². The molecule has 1 aromatic rings. The Morgan fingerprint density at radius 1 is 1.33 bits per heavy atom. The van der Waals surface area contributed by atoms with Crippen molar-refractivity contribution >= 4 is 29.2 Å². The lowest BCUT2D eigenvalue weighted by atomic mass is 9.90. The van der Waals surface area contributed by atoms with Crippen LogP contribution < -0.4 is 11.1 Å². The highest BCUT2D eigenvalue weighted by Gasteiger charge is 2.51. The largest absolute Gasteiger partial charge is 0.398 e. The Kier molecular flexibility index (Phi) is 3.51. The molecule has 3 amide bonds. The molecular formula is C14H16ClN3O3. The first-order valence-corrected chi connectivity index (χ1v) is 7.15. The van der Waals surface area contributed by atoms with E-state index in [-0.39, 0.29) is 18.5 Å². The molecule has 1 spiro atoms. The lowest BCUT2D eigenvalue weighted by Gasteiger charge is -2.30. The Morgan fingerprint density at radius 2 is 2.05 bits per heavy atom. The van der Waals surface area contributed by atoms with Gasteiger partial charge < -0.3 is 15.8 Å². The van der Waals surface area contributed by atoms with Crippen molar-refractivity contribution in [2.75, 3.05) is 18.9 Å². The van der Waals surface area contributed by atoms with Crippen LogP contribution in [-0.2, 0) is 16.1 Å². The third-order valence-electron chi connectivity index (χ3n) is 4.03. The number of rotatable bonds is 2. The smallest absolute Gasteiger partial charge is 0.325 e. The fraction of sp³-hybridized carbons (Fsp3) is 0.429. The Hall–Kier alpha value is -1.79. The Balaban J connectivity index is 1.82. The van der Waals surface area contributed by atoms with E-state index in [0.29, 0.717) is 42.3 Å². The molecule has 0 aliphatic carbocycles. The SMILES string of the molecule is Nc1cc(Cl)ccc1CN1C(=O)NC2(CCOCC2)C1=O. The monoisotopic (exact) mass is 309 g/mol. The highest BCUT2D eigenvalue weighted by Crippen LogP contribution is 2.30. The van der Waals surface area contributed by atoms with Gasteiger partial charge in [-0.1, -0.05) is 17.7 Å². The van der Waals surface area contributed by atoms with Crippen molar-refractivity contribution < 1.29 is 14.3 Å². The molecule has 2 heterocycles. The predicted molar refractivity (Wildman–Crippen MR) is 77.7 cm³/mol. The summed E-state index contributed by atoms with van der Waals surface area (Å²) >= 11 is 5.85. The van der Waals surface area contributed by atoms with Crippen LogP contribution in [0.4, 0.5) is 10.5 Å². The van der Waals surface area contributed by atoms with Crippen LogP contribution in [-0.4, -0.2) is 35.6 Å². The number of imide groups is 1. The van der Waals surface area contributed by atoms with Crippen molar-refractivity contribution in [2.24, 2.45) is 0 Å². The van der Waals surface area contributed by atoms with Crippen LogP contribution >= 0.6 is 11.6 Å². The van der Waals surface area contributed by atoms with Crippen molar-refractivity contribution in [1.82, 2.24) is 10.2 Å². The Morgan fingerprint density at radius 3 is 2.71 bits per heavy atom. The predicted octanol–water partition coefficient (Wildman–Crippen LogP) is 1.52. The molecule has 21 heavy (non-hydrogen) atoms. The first-order valence-electron chi connectivity index (χ1n) is 6.78. The number of nitrogens with zero attached hydrogens (tertiary/aromatic N) is 1. The Bertz CT molecular complexity index is 599. The molecule has 7 heteroatoms. The minimum absolute atomic E-state index is 0.149. The van der Waals surface area contributed by atoms with Gasteiger partial charge in [0.15, 0.2) is 0 Å². The second kappa shape index (κ2) is 5.20. The fourth-order valence-electron chi connectivity index (χ4n) is 2.76. The number of halogens is 1. The topological polar surface area (TPSA) is 84.7 Å². The molecule has 0 aromatic heterocycles. The fourth-order valence-corrected chi connectivity index (χ4v) is 2.94. The number of benzene rings is 1. The molecule has 1 aromatic carbocycles. The van der Waals surface area contributed by atoms with E-state index in [9.17, 15) is 9.59 Å². The summed E-state index contributed by atoms with van der Waals surface area (Å²) in [4.78, 5) is 25.9. The first kappa shape index (κ1) is 14.2. The minimum atomic E-state index is -0.809. The van der Waals surface area contributed by atoms with Crippen molar-refractivity contribution in [3.05, 3.63) is 28.8 Å². The van der Waals surface area contributed by atoms with Gasteiger partial charge in [-0.05, 0) is 17.7 Å². The quantitative estimate of drug-likeness (QED) is 0.641. The summed E-state index contributed by atoms with van der Waals surface area (Å²) in [7, 11) is 0. The summed E-state index contributed by atoms with van der Waals surface area (Å²) in [6.45, 7) is 1.10. The molecule has 3 N–H and O–H groups in total. The number of nitrogens with one attached hydrogen (secondary N) is 1. The number of hydrogen-bond donors (Lipinski definition) is 2. The molecule has 0 radical (unpaired) electrons. The van der Waals surface area contributed by atoms with Crippen molar-refractivity contribution in [2.45, 2.75) is 24.9 Å². The van der Waals surface area contributed by atoms with Gasteiger partial charge in [-0.3, -0.25) is 9.69 Å². The number of ether oxygens (including phenoxy) is 1. The van der Waals surface area contributed by atoms with Gasteiger partial charge >= 0.3 is 6.03 Å². The normalized spacial score (nSPS) is 20.9. The van der Waals surface area contributed by atoms with Gasteiger partial charge in [0.1, 0.15) is 5.54 Å². The lowest BCUT2D eigenvalue weighted by Crippen LogP contribution is -2.51. The summed E-state index contributed by atoms with van der Waals surface area (Å²) in [6, 6.07) is 4.65. The maximum absolute atomic E-state index is 12.6. The number of anilines is 1. The lowest BCUT2D eigenvalue weighted by molar-refractivity contribution is -0.134. The van der Waals surface area contributed by atoms with Crippen LogP contribution in [0, 0.1) is 0 Å². The van der Waals surface area contributed by atoms with Crippen LogP contribution in [0.25, 0.3) is 0 Å². The van der Waals surface area contributed by atoms with Gasteiger partial charge in [0.2, 0.25) is 0 Å². The molecule has 0 saturated carbocycles. The molecule has 2 fully saturated rings. The number of carbonyl (C=O) groups is 2. The number of nitrogens with two attached hydrogens (primary N) is 1. The van der Waals surface area contributed by atoms with E-state index < -0.39 is 5.54 Å². The van der Waals surface area contributed by atoms with Crippen LogP contribution in [0.2, 0.25) is 5.02 Å². The molecule has 3 rings (SSSR count). The van der Waals surface area contributed by atoms with Gasteiger partial charge in [-0.2, -0.15) is 0 Å². The second-order valence-electron chi connectivity index (χ2n) is 5.36. The zero-order chi connectivity index (χ0) is 15.0. The van der Waals surface area contributed by atoms with Crippen molar-refractivity contribution in [3.8, 4) is 0 Å². The summed E-state index contributed by atoms with van der Waals surface area (Å²) in [5, 5.41) is 3.33. The molecule has 112 valence electrons. The number of nitrogen functional groups attached to an aromatic ring is 1. The van der Waals surface area contributed by atoms with E-state index >= 15 is 0 Å². The van der Waals surface area contributed by atoms with Crippen LogP contribution in [0.3, 0.4) is 0 Å². The van der Waals surface area contributed by atoms with E-state index in [4.69, 9.17) is 22.1 Å². The molecule has 2 saturated heterocycles. The Labute approximate surface area is 127 Å². The maximum atomic E-state index is 12.6.